The van der Waals surface area contributed by atoms with E-state index in [4.69, 9.17) is 0 Å². The van der Waals surface area contributed by atoms with Crippen LogP contribution < -0.4 is 0 Å². The maximum atomic E-state index is 14.4. The monoisotopic (exact) mass is 465 g/mol. The zero-order valence-electron chi connectivity index (χ0n) is 15.7. The molecule has 3 rings (SSSR count). The van der Waals surface area contributed by atoms with Crippen LogP contribution >= 0.6 is 0 Å². The second-order valence-electron chi connectivity index (χ2n) is 9.04. The second kappa shape index (κ2) is 10.2. The predicted molar refractivity (Wildman–Crippen MR) is 101 cm³/mol. The molecule has 3 aliphatic rings. The number of hydrogen-bond acceptors (Lipinski definition) is 0. The average Bonchev–Trinajstić information content (AvgIpc) is 2.61. The minimum absolute atomic E-state index is 0.228. The number of alkyl halides is 3. The molecule has 3 saturated carbocycles. The Morgan fingerprint density at radius 1 is 0.480 bits per heavy atom. The molecule has 0 bridgehead atoms. The molecule has 0 amide bonds. The van der Waals surface area contributed by atoms with E-state index in [2.05, 4.69) is 0 Å². The first-order chi connectivity index (χ1) is 12.1. The molecule has 0 aromatic heterocycles. The number of hydrogen-bond donors (Lipinski definition) is 0. The standard InChI is InChI=1S/3C7H12F.Sn/c3*1-6-4-2-3-5-7(6)8;/h3*6-7H,1-5H2;. The third-order valence-electron chi connectivity index (χ3n) is 7.10. The van der Waals surface area contributed by atoms with Gasteiger partial charge in [0.05, 0.1) is 0 Å². The van der Waals surface area contributed by atoms with Crippen molar-refractivity contribution in [1.82, 2.24) is 0 Å². The van der Waals surface area contributed by atoms with Gasteiger partial charge in [0.25, 0.3) is 0 Å². The van der Waals surface area contributed by atoms with Crippen LogP contribution in [0.5, 0.6) is 0 Å². The van der Waals surface area contributed by atoms with Gasteiger partial charge in [-0.3, -0.25) is 0 Å². The third kappa shape index (κ3) is 6.04. The second-order valence-corrected chi connectivity index (χ2v) is 16.8. The maximum absolute atomic E-state index is 14.4. The van der Waals surface area contributed by atoms with Gasteiger partial charge in [-0.2, -0.15) is 0 Å². The fourth-order valence-electron chi connectivity index (χ4n) is 5.54. The summed E-state index contributed by atoms with van der Waals surface area (Å²) in [6, 6.07) is 0. The van der Waals surface area contributed by atoms with Gasteiger partial charge in [0.2, 0.25) is 0 Å². The summed E-state index contributed by atoms with van der Waals surface area (Å²) < 4.78 is 46.4. The van der Waals surface area contributed by atoms with Crippen molar-refractivity contribution in [2.45, 2.75) is 109 Å². The predicted octanol–water partition coefficient (Wildman–Crippen LogP) is 7.07. The minimum atomic E-state index is -1.96. The molecule has 0 nitrogen and oxygen atoms in total. The van der Waals surface area contributed by atoms with Crippen LogP contribution in [0.25, 0.3) is 0 Å². The van der Waals surface area contributed by atoms with Crippen molar-refractivity contribution in [2.24, 2.45) is 17.8 Å². The molecule has 0 aromatic rings. The van der Waals surface area contributed by atoms with E-state index in [-0.39, 0.29) is 17.8 Å². The Balaban J connectivity index is 1.61. The quantitative estimate of drug-likeness (QED) is 0.369. The first kappa shape index (κ1) is 20.3. The Kier molecular flexibility index (Phi) is 8.31. The average molecular weight is 464 g/mol. The molecule has 6 unspecified atom stereocenters. The third-order valence-corrected chi connectivity index (χ3v) is 16.5. The zero-order chi connectivity index (χ0) is 17.6. The molecular formula is C21H36F3Sn. The van der Waals surface area contributed by atoms with E-state index >= 15 is 0 Å². The van der Waals surface area contributed by atoms with Crippen LogP contribution in [0.15, 0.2) is 0 Å². The molecule has 0 saturated heterocycles. The van der Waals surface area contributed by atoms with E-state index in [0.29, 0.717) is 0 Å². The van der Waals surface area contributed by atoms with Crippen LogP contribution in [0, 0.1) is 17.8 Å². The normalized spacial score (nSPS) is 40.3. The summed E-state index contributed by atoms with van der Waals surface area (Å²) in [5.74, 6) is 0.685. The van der Waals surface area contributed by atoms with E-state index in [1.54, 1.807) is 0 Å². The molecular weight excluding hydrogens is 428 g/mol. The molecule has 3 aliphatic carbocycles. The van der Waals surface area contributed by atoms with Gasteiger partial charge in [-0.1, -0.05) is 0 Å². The van der Waals surface area contributed by atoms with Gasteiger partial charge in [0.15, 0.2) is 0 Å². The van der Waals surface area contributed by atoms with Crippen molar-refractivity contribution in [1.29, 1.82) is 0 Å². The Morgan fingerprint density at radius 3 is 1.04 bits per heavy atom. The van der Waals surface area contributed by atoms with Crippen LogP contribution in [-0.4, -0.2) is 38.3 Å². The van der Waals surface area contributed by atoms with Crippen LogP contribution in [0.1, 0.15) is 77.0 Å². The summed E-state index contributed by atoms with van der Waals surface area (Å²) >= 11 is -1.96. The Labute approximate surface area is 159 Å². The van der Waals surface area contributed by atoms with E-state index in [0.717, 1.165) is 90.4 Å². The number of halogens is 3. The van der Waals surface area contributed by atoms with Crippen LogP contribution in [0.4, 0.5) is 13.2 Å². The summed E-state index contributed by atoms with van der Waals surface area (Å²) in [6.45, 7) is 0. The van der Waals surface area contributed by atoms with E-state index in [1.165, 1.54) is 0 Å². The molecule has 0 aliphatic heterocycles. The van der Waals surface area contributed by atoms with Crippen molar-refractivity contribution in [3.63, 3.8) is 0 Å². The first-order valence-electron chi connectivity index (χ1n) is 10.9. The Hall–Kier alpha value is 0.589. The van der Waals surface area contributed by atoms with Gasteiger partial charge in [-0.25, -0.2) is 0 Å². The molecule has 4 heteroatoms. The van der Waals surface area contributed by atoms with Crippen molar-refractivity contribution >= 4 is 19.8 Å². The van der Waals surface area contributed by atoms with Crippen molar-refractivity contribution in [3.05, 3.63) is 0 Å². The Morgan fingerprint density at radius 2 is 0.760 bits per heavy atom. The SMILES string of the molecule is FC1CCCCC1[CH2][Sn]([CH2]C1CCCCC1F)[CH2]C1CCCCC1F. The van der Waals surface area contributed by atoms with Gasteiger partial charge in [0, 0.05) is 0 Å². The van der Waals surface area contributed by atoms with Gasteiger partial charge < -0.3 is 0 Å². The van der Waals surface area contributed by atoms with Crippen molar-refractivity contribution in [3.8, 4) is 0 Å². The molecule has 3 fully saturated rings. The molecule has 145 valence electrons. The van der Waals surface area contributed by atoms with Gasteiger partial charge >= 0.3 is 160 Å². The van der Waals surface area contributed by atoms with Crippen LogP contribution in [0.3, 0.4) is 0 Å². The van der Waals surface area contributed by atoms with Crippen molar-refractivity contribution in [2.75, 3.05) is 0 Å². The summed E-state index contributed by atoms with van der Waals surface area (Å²) in [7, 11) is 0. The molecule has 1 radical (unpaired) electrons. The van der Waals surface area contributed by atoms with E-state index in [9.17, 15) is 13.2 Å². The number of rotatable bonds is 6. The summed E-state index contributed by atoms with van der Waals surface area (Å²) in [4.78, 5) is 0. The van der Waals surface area contributed by atoms with Crippen LogP contribution in [0.2, 0.25) is 13.3 Å². The fraction of sp³-hybridized carbons (Fsp3) is 1.00. The Bertz CT molecular complexity index is 334. The van der Waals surface area contributed by atoms with E-state index < -0.39 is 38.3 Å². The molecule has 0 spiro atoms. The van der Waals surface area contributed by atoms with E-state index in [1.807, 2.05) is 0 Å². The van der Waals surface area contributed by atoms with Gasteiger partial charge in [0.1, 0.15) is 0 Å². The molecule has 0 N–H and O–H groups in total. The molecule has 0 heterocycles. The summed E-state index contributed by atoms with van der Waals surface area (Å²) in [5, 5.41) is 0. The van der Waals surface area contributed by atoms with Crippen molar-refractivity contribution < 1.29 is 13.2 Å². The van der Waals surface area contributed by atoms with Gasteiger partial charge in [-0.05, 0) is 0 Å². The summed E-state index contributed by atoms with van der Waals surface area (Å²) in [6.07, 6.45) is 9.92. The topological polar surface area (TPSA) is 0 Å². The van der Waals surface area contributed by atoms with Gasteiger partial charge in [-0.15, -0.1) is 0 Å². The fourth-order valence-corrected chi connectivity index (χ4v) is 17.3. The first-order valence-corrected chi connectivity index (χ1v) is 16.9. The van der Waals surface area contributed by atoms with Crippen LogP contribution in [-0.2, 0) is 0 Å². The molecule has 0 aromatic carbocycles. The molecule has 6 atom stereocenters. The molecule has 25 heavy (non-hydrogen) atoms. The zero-order valence-corrected chi connectivity index (χ0v) is 18.6. The summed E-state index contributed by atoms with van der Waals surface area (Å²) in [5.41, 5.74) is 0.